The Morgan fingerprint density at radius 2 is 2.00 bits per heavy atom. The summed E-state index contributed by atoms with van der Waals surface area (Å²) in [5.74, 6) is 0. The molecule has 13 heavy (non-hydrogen) atoms. The second-order valence-corrected chi connectivity index (χ2v) is 3.71. The van der Waals surface area contributed by atoms with E-state index in [4.69, 9.17) is 0 Å². The van der Waals surface area contributed by atoms with E-state index in [0.717, 1.165) is 13.1 Å². The maximum absolute atomic E-state index is 11.5. The first-order chi connectivity index (χ1) is 6.13. The van der Waals surface area contributed by atoms with Gasteiger partial charge in [0.2, 0.25) is 0 Å². The van der Waals surface area contributed by atoms with Crippen LogP contribution in [-0.4, -0.2) is 42.6 Å². The van der Waals surface area contributed by atoms with E-state index in [-0.39, 0.29) is 6.03 Å². The van der Waals surface area contributed by atoms with Gasteiger partial charge in [0.15, 0.2) is 0 Å². The molecule has 1 rings (SSSR count). The Kier molecular flexibility index (Phi) is 3.54. The average Bonchev–Trinajstić information content (AvgIpc) is 2.03. The van der Waals surface area contributed by atoms with Crippen LogP contribution in [-0.2, 0) is 0 Å². The maximum atomic E-state index is 11.5. The molecular weight excluding hydrogens is 166 g/mol. The smallest absolute Gasteiger partial charge is 0.317 e. The molecule has 0 aromatic rings. The minimum atomic E-state index is 0.0581. The van der Waals surface area contributed by atoms with E-state index in [1.54, 1.807) is 0 Å². The molecule has 0 aromatic heterocycles. The van der Waals surface area contributed by atoms with E-state index in [2.05, 4.69) is 24.5 Å². The molecule has 2 atom stereocenters. The number of carbonyl (C=O) groups is 1. The van der Waals surface area contributed by atoms with Crippen molar-refractivity contribution in [2.45, 2.75) is 32.9 Å². The fraction of sp³-hybridized carbons (Fsp3) is 0.889. The molecule has 76 valence electrons. The molecule has 1 fully saturated rings. The lowest BCUT2D eigenvalue weighted by atomic mass is 10.1. The normalized spacial score (nSPS) is 28.7. The van der Waals surface area contributed by atoms with Gasteiger partial charge >= 0.3 is 6.03 Å². The number of hydrogen-bond donors (Lipinski definition) is 2. The van der Waals surface area contributed by atoms with Crippen molar-refractivity contribution < 1.29 is 4.79 Å². The Bertz CT molecular complexity index is 174. The summed E-state index contributed by atoms with van der Waals surface area (Å²) >= 11 is 0. The summed E-state index contributed by atoms with van der Waals surface area (Å²) in [6.45, 7) is 8.44. The summed E-state index contributed by atoms with van der Waals surface area (Å²) in [6, 6.07) is 0.848. The minimum absolute atomic E-state index is 0.0581. The van der Waals surface area contributed by atoms with Crippen LogP contribution in [0.2, 0.25) is 0 Å². The highest BCUT2D eigenvalue weighted by Gasteiger charge is 2.23. The molecule has 2 unspecified atom stereocenters. The number of urea groups is 1. The van der Waals surface area contributed by atoms with Crippen LogP contribution < -0.4 is 10.6 Å². The number of piperazine rings is 1. The third-order valence-electron chi connectivity index (χ3n) is 2.17. The predicted molar refractivity (Wildman–Crippen MR) is 52.7 cm³/mol. The van der Waals surface area contributed by atoms with Gasteiger partial charge in [0.05, 0.1) is 0 Å². The number of nitrogens with zero attached hydrogens (tertiary/aromatic N) is 1. The lowest BCUT2D eigenvalue weighted by molar-refractivity contribution is 0.165. The molecule has 0 radical (unpaired) electrons. The van der Waals surface area contributed by atoms with Gasteiger partial charge < -0.3 is 15.5 Å². The SMILES string of the molecule is CCNC(=O)N1CC(C)NC(C)C1. The Morgan fingerprint density at radius 3 is 2.46 bits per heavy atom. The van der Waals surface area contributed by atoms with Crippen LogP contribution in [0, 0.1) is 0 Å². The fourth-order valence-electron chi connectivity index (χ4n) is 1.76. The monoisotopic (exact) mass is 185 g/mol. The fourth-order valence-corrected chi connectivity index (χ4v) is 1.76. The van der Waals surface area contributed by atoms with Gasteiger partial charge in [0.25, 0.3) is 0 Å². The van der Waals surface area contributed by atoms with Crippen LogP contribution in [0.25, 0.3) is 0 Å². The third-order valence-corrected chi connectivity index (χ3v) is 2.17. The third kappa shape index (κ3) is 2.88. The number of rotatable bonds is 1. The van der Waals surface area contributed by atoms with Crippen molar-refractivity contribution in [3.8, 4) is 0 Å². The Balaban J connectivity index is 2.45. The van der Waals surface area contributed by atoms with Crippen LogP contribution in [0.1, 0.15) is 20.8 Å². The van der Waals surface area contributed by atoms with Crippen LogP contribution in [0.15, 0.2) is 0 Å². The second-order valence-electron chi connectivity index (χ2n) is 3.71. The lowest BCUT2D eigenvalue weighted by Crippen LogP contribution is -2.57. The number of nitrogens with one attached hydrogen (secondary N) is 2. The summed E-state index contributed by atoms with van der Waals surface area (Å²) < 4.78 is 0. The van der Waals surface area contributed by atoms with Crippen molar-refractivity contribution >= 4 is 6.03 Å². The molecule has 1 saturated heterocycles. The standard InChI is InChI=1S/C9H19N3O/c1-4-10-9(13)12-5-7(2)11-8(3)6-12/h7-8,11H,4-6H2,1-3H3,(H,10,13). The molecule has 2 N–H and O–H groups in total. The molecule has 1 heterocycles. The van der Waals surface area contributed by atoms with Crippen molar-refractivity contribution in [2.24, 2.45) is 0 Å². The van der Waals surface area contributed by atoms with E-state index in [1.807, 2.05) is 11.8 Å². The van der Waals surface area contributed by atoms with E-state index in [0.29, 0.717) is 18.6 Å². The lowest BCUT2D eigenvalue weighted by Gasteiger charge is -2.35. The van der Waals surface area contributed by atoms with E-state index >= 15 is 0 Å². The molecule has 1 aliphatic heterocycles. The zero-order valence-corrected chi connectivity index (χ0v) is 8.63. The first kappa shape index (κ1) is 10.3. The highest BCUT2D eigenvalue weighted by atomic mass is 16.2. The first-order valence-corrected chi connectivity index (χ1v) is 4.92. The van der Waals surface area contributed by atoms with Gasteiger partial charge in [-0.25, -0.2) is 4.79 Å². The van der Waals surface area contributed by atoms with Crippen molar-refractivity contribution in [3.05, 3.63) is 0 Å². The van der Waals surface area contributed by atoms with Crippen molar-refractivity contribution in [2.75, 3.05) is 19.6 Å². The second kappa shape index (κ2) is 4.46. The Morgan fingerprint density at radius 1 is 1.46 bits per heavy atom. The van der Waals surface area contributed by atoms with Crippen LogP contribution in [0.3, 0.4) is 0 Å². The largest absolute Gasteiger partial charge is 0.338 e. The number of carbonyl (C=O) groups excluding carboxylic acids is 1. The van der Waals surface area contributed by atoms with Crippen LogP contribution in [0.4, 0.5) is 4.79 Å². The molecule has 0 aromatic carbocycles. The minimum Gasteiger partial charge on any atom is -0.338 e. The van der Waals surface area contributed by atoms with E-state index in [1.165, 1.54) is 0 Å². The molecule has 4 heteroatoms. The van der Waals surface area contributed by atoms with Gasteiger partial charge in [0.1, 0.15) is 0 Å². The van der Waals surface area contributed by atoms with Gasteiger partial charge in [-0.3, -0.25) is 0 Å². The van der Waals surface area contributed by atoms with Gasteiger partial charge in [-0.15, -0.1) is 0 Å². The molecule has 1 aliphatic rings. The molecule has 0 aliphatic carbocycles. The predicted octanol–water partition coefficient (Wildman–Crippen LogP) is 0.398. The summed E-state index contributed by atoms with van der Waals surface area (Å²) in [4.78, 5) is 13.3. The first-order valence-electron chi connectivity index (χ1n) is 4.92. The van der Waals surface area contributed by atoms with E-state index in [9.17, 15) is 4.79 Å². The number of amides is 2. The summed E-state index contributed by atoms with van der Waals surface area (Å²) in [6.07, 6.45) is 0. The molecular formula is C9H19N3O. The molecule has 0 saturated carbocycles. The quantitative estimate of drug-likeness (QED) is 0.621. The Hall–Kier alpha value is -0.770. The van der Waals surface area contributed by atoms with Crippen molar-refractivity contribution in [1.29, 1.82) is 0 Å². The summed E-state index contributed by atoms with van der Waals surface area (Å²) in [5.41, 5.74) is 0. The summed E-state index contributed by atoms with van der Waals surface area (Å²) in [5, 5.41) is 6.20. The van der Waals surface area contributed by atoms with Gasteiger partial charge in [-0.05, 0) is 20.8 Å². The highest BCUT2D eigenvalue weighted by Crippen LogP contribution is 2.03. The molecule has 0 bridgehead atoms. The zero-order valence-electron chi connectivity index (χ0n) is 8.63. The molecule has 4 nitrogen and oxygen atoms in total. The average molecular weight is 185 g/mol. The van der Waals surface area contributed by atoms with Crippen molar-refractivity contribution in [3.63, 3.8) is 0 Å². The van der Waals surface area contributed by atoms with Crippen LogP contribution in [0.5, 0.6) is 0 Å². The van der Waals surface area contributed by atoms with Crippen LogP contribution >= 0.6 is 0 Å². The van der Waals surface area contributed by atoms with Gasteiger partial charge in [-0.1, -0.05) is 0 Å². The van der Waals surface area contributed by atoms with E-state index < -0.39 is 0 Å². The highest BCUT2D eigenvalue weighted by molar-refractivity contribution is 5.74. The molecule has 0 spiro atoms. The Labute approximate surface area is 79.7 Å². The van der Waals surface area contributed by atoms with Crippen molar-refractivity contribution in [1.82, 2.24) is 15.5 Å². The van der Waals surface area contributed by atoms with Gasteiger partial charge in [-0.2, -0.15) is 0 Å². The maximum Gasteiger partial charge on any atom is 0.317 e. The summed E-state index contributed by atoms with van der Waals surface area (Å²) in [7, 11) is 0. The molecule has 2 amide bonds. The topological polar surface area (TPSA) is 44.4 Å². The number of hydrogen-bond acceptors (Lipinski definition) is 2. The van der Waals surface area contributed by atoms with Gasteiger partial charge in [0, 0.05) is 31.7 Å². The zero-order chi connectivity index (χ0) is 9.84.